The topological polar surface area (TPSA) is 55.6 Å². The number of thiocarbonyl (C=S) groups is 1. The Hall–Kier alpha value is -0.680. The predicted molar refractivity (Wildman–Crippen MR) is 60.1 cm³/mol. The molecule has 0 aromatic rings. The van der Waals surface area contributed by atoms with Crippen molar-refractivity contribution in [2.24, 2.45) is 5.73 Å². The summed E-state index contributed by atoms with van der Waals surface area (Å²) in [4.78, 5) is 13.6. The van der Waals surface area contributed by atoms with Crippen molar-refractivity contribution in [3.8, 4) is 0 Å². The van der Waals surface area contributed by atoms with Gasteiger partial charge in [0.2, 0.25) is 0 Å². The van der Waals surface area contributed by atoms with Gasteiger partial charge >= 0.3 is 5.97 Å². The highest BCUT2D eigenvalue weighted by molar-refractivity contribution is 7.80. The van der Waals surface area contributed by atoms with Crippen molar-refractivity contribution in [3.05, 3.63) is 0 Å². The zero-order valence-electron chi connectivity index (χ0n) is 9.11. The first-order chi connectivity index (χ1) is 6.40. The summed E-state index contributed by atoms with van der Waals surface area (Å²) in [6, 6.07) is -0.118. The van der Waals surface area contributed by atoms with Crippen LogP contribution in [-0.2, 0) is 9.53 Å². The number of nitrogens with zero attached hydrogens (tertiary/aromatic N) is 1. The molecule has 0 saturated carbocycles. The van der Waals surface area contributed by atoms with Crippen LogP contribution in [0, 0.1) is 0 Å². The van der Waals surface area contributed by atoms with Crippen molar-refractivity contribution >= 4 is 23.2 Å². The van der Waals surface area contributed by atoms with Gasteiger partial charge in [-0.1, -0.05) is 12.2 Å². The average Bonchev–Trinajstić information content (AvgIpc) is 2.11. The molecule has 0 aromatic carbocycles. The van der Waals surface area contributed by atoms with Crippen LogP contribution in [0.4, 0.5) is 0 Å². The number of carbonyl (C=O) groups excluding carboxylic acids is 1. The molecule has 4 nitrogen and oxygen atoms in total. The number of ether oxygens (including phenoxy) is 1. The van der Waals surface area contributed by atoms with Gasteiger partial charge in [0, 0.05) is 12.6 Å². The molecule has 0 saturated heterocycles. The minimum atomic E-state index is -0.318. The lowest BCUT2D eigenvalue weighted by Crippen LogP contribution is -2.47. The predicted octanol–water partition coefficient (Wildman–Crippen LogP) is 0.544. The highest BCUT2D eigenvalue weighted by Gasteiger charge is 2.24. The molecule has 82 valence electrons. The maximum atomic E-state index is 11.3. The third kappa shape index (κ3) is 4.02. The van der Waals surface area contributed by atoms with Gasteiger partial charge in [-0.15, -0.1) is 0 Å². The van der Waals surface area contributed by atoms with Gasteiger partial charge in [0.25, 0.3) is 0 Å². The summed E-state index contributed by atoms with van der Waals surface area (Å²) in [6.07, 6.45) is 0. The quantitative estimate of drug-likeness (QED) is 0.539. The Bertz CT molecular complexity index is 219. The van der Waals surface area contributed by atoms with Crippen LogP contribution >= 0.6 is 12.2 Å². The minimum absolute atomic E-state index is 0.200. The van der Waals surface area contributed by atoms with Gasteiger partial charge in [0.1, 0.15) is 6.04 Å². The van der Waals surface area contributed by atoms with Crippen LogP contribution in [0.2, 0.25) is 0 Å². The highest BCUT2D eigenvalue weighted by Crippen LogP contribution is 2.06. The smallest absolute Gasteiger partial charge is 0.322 e. The van der Waals surface area contributed by atoms with E-state index >= 15 is 0 Å². The van der Waals surface area contributed by atoms with Crippen molar-refractivity contribution in [3.63, 3.8) is 0 Å². The number of methoxy groups -OCH3 is 1. The van der Waals surface area contributed by atoms with Crippen molar-refractivity contribution in [2.75, 3.05) is 13.7 Å². The lowest BCUT2D eigenvalue weighted by atomic mass is 10.2. The van der Waals surface area contributed by atoms with Crippen LogP contribution in [0.1, 0.15) is 20.8 Å². The Labute approximate surface area is 90.4 Å². The molecule has 0 radical (unpaired) electrons. The molecule has 0 spiro atoms. The summed E-state index contributed by atoms with van der Waals surface area (Å²) in [5.41, 5.74) is 5.45. The van der Waals surface area contributed by atoms with Crippen LogP contribution < -0.4 is 5.73 Å². The summed E-state index contributed by atoms with van der Waals surface area (Å²) in [5, 5.41) is 0. The van der Waals surface area contributed by atoms with Crippen molar-refractivity contribution in [1.82, 2.24) is 4.90 Å². The number of rotatable bonds is 5. The molecular weight excluding hydrogens is 200 g/mol. The lowest BCUT2D eigenvalue weighted by Gasteiger charge is -2.30. The Morgan fingerprint density at radius 2 is 2.00 bits per heavy atom. The molecule has 0 rings (SSSR count). The fourth-order valence-corrected chi connectivity index (χ4v) is 1.40. The third-order valence-corrected chi connectivity index (χ3v) is 2.17. The van der Waals surface area contributed by atoms with E-state index in [1.807, 2.05) is 18.7 Å². The molecule has 0 amide bonds. The molecule has 0 aliphatic heterocycles. The first-order valence-corrected chi connectivity index (χ1v) is 4.92. The van der Waals surface area contributed by atoms with Gasteiger partial charge in [-0.3, -0.25) is 9.69 Å². The molecule has 5 heteroatoms. The van der Waals surface area contributed by atoms with E-state index in [1.54, 1.807) is 6.92 Å². The zero-order chi connectivity index (χ0) is 11.3. The molecule has 0 aromatic heterocycles. The summed E-state index contributed by atoms with van der Waals surface area (Å²) in [5.74, 6) is -0.269. The second kappa shape index (κ2) is 5.93. The molecule has 1 atom stereocenters. The number of hydrogen-bond donors (Lipinski definition) is 1. The van der Waals surface area contributed by atoms with Crippen molar-refractivity contribution in [1.29, 1.82) is 0 Å². The highest BCUT2D eigenvalue weighted by atomic mass is 32.1. The van der Waals surface area contributed by atoms with E-state index in [0.717, 1.165) is 0 Å². The fourth-order valence-electron chi connectivity index (χ4n) is 1.25. The van der Waals surface area contributed by atoms with Gasteiger partial charge < -0.3 is 10.5 Å². The molecule has 2 N–H and O–H groups in total. The largest absolute Gasteiger partial charge is 0.468 e. The van der Waals surface area contributed by atoms with Gasteiger partial charge in [0.05, 0.1) is 12.1 Å². The van der Waals surface area contributed by atoms with Crippen molar-refractivity contribution < 1.29 is 9.53 Å². The van der Waals surface area contributed by atoms with Gasteiger partial charge in [-0.05, 0) is 20.8 Å². The first kappa shape index (κ1) is 13.3. The van der Waals surface area contributed by atoms with Crippen LogP contribution in [0.3, 0.4) is 0 Å². The Kier molecular flexibility index (Phi) is 5.64. The molecule has 0 aliphatic carbocycles. The van der Waals surface area contributed by atoms with E-state index in [4.69, 9.17) is 18.0 Å². The average molecular weight is 218 g/mol. The SMILES string of the molecule is COC(=O)C(C)N(CC(N)=S)C(C)C. The summed E-state index contributed by atoms with van der Waals surface area (Å²) < 4.78 is 4.66. The van der Waals surface area contributed by atoms with Crippen molar-refractivity contribution in [2.45, 2.75) is 32.9 Å². The molecule has 1 unspecified atom stereocenters. The van der Waals surface area contributed by atoms with E-state index < -0.39 is 0 Å². The minimum Gasteiger partial charge on any atom is -0.468 e. The van der Waals surface area contributed by atoms with Crippen LogP contribution in [-0.4, -0.2) is 41.6 Å². The Morgan fingerprint density at radius 1 is 1.50 bits per heavy atom. The fraction of sp³-hybridized carbons (Fsp3) is 0.778. The van der Waals surface area contributed by atoms with E-state index in [1.165, 1.54) is 7.11 Å². The van der Waals surface area contributed by atoms with E-state index in [-0.39, 0.29) is 18.1 Å². The Morgan fingerprint density at radius 3 is 2.29 bits per heavy atom. The molecule has 0 heterocycles. The molecule has 0 aliphatic rings. The third-order valence-electron chi connectivity index (χ3n) is 2.04. The number of hydrogen-bond acceptors (Lipinski definition) is 4. The molecule has 0 fully saturated rings. The number of esters is 1. The summed E-state index contributed by atoms with van der Waals surface area (Å²) in [7, 11) is 1.37. The lowest BCUT2D eigenvalue weighted by molar-refractivity contribution is -0.146. The maximum Gasteiger partial charge on any atom is 0.322 e. The zero-order valence-corrected chi connectivity index (χ0v) is 9.93. The Balaban J connectivity index is 4.48. The second-order valence-electron chi connectivity index (χ2n) is 3.43. The van der Waals surface area contributed by atoms with Crippen LogP contribution in [0.25, 0.3) is 0 Å². The molecule has 0 bridgehead atoms. The van der Waals surface area contributed by atoms with E-state index in [9.17, 15) is 4.79 Å². The number of nitrogens with two attached hydrogens (primary N) is 1. The summed E-state index contributed by atoms with van der Waals surface area (Å²) in [6.45, 7) is 6.18. The van der Waals surface area contributed by atoms with Crippen LogP contribution in [0.5, 0.6) is 0 Å². The first-order valence-electron chi connectivity index (χ1n) is 4.52. The molecule has 14 heavy (non-hydrogen) atoms. The summed E-state index contributed by atoms with van der Waals surface area (Å²) >= 11 is 4.82. The normalized spacial score (nSPS) is 13.0. The van der Waals surface area contributed by atoms with Gasteiger partial charge in [-0.2, -0.15) is 0 Å². The van der Waals surface area contributed by atoms with Gasteiger partial charge in [0.15, 0.2) is 0 Å². The monoisotopic (exact) mass is 218 g/mol. The van der Waals surface area contributed by atoms with Crippen LogP contribution in [0.15, 0.2) is 0 Å². The van der Waals surface area contributed by atoms with E-state index in [0.29, 0.717) is 11.5 Å². The second-order valence-corrected chi connectivity index (χ2v) is 3.96. The van der Waals surface area contributed by atoms with E-state index in [2.05, 4.69) is 4.74 Å². The maximum absolute atomic E-state index is 11.3. The standard InChI is InChI=1S/C9H18N2O2S/c1-6(2)11(5-8(10)14)7(3)9(12)13-4/h6-7H,5H2,1-4H3,(H2,10,14). The van der Waals surface area contributed by atoms with Gasteiger partial charge in [-0.25, -0.2) is 0 Å². The molecular formula is C9H18N2O2S. The number of carbonyl (C=O) groups is 1.